The number of benzene rings is 1. The molecule has 0 radical (unpaired) electrons. The Labute approximate surface area is 74.9 Å². The van der Waals surface area contributed by atoms with Gasteiger partial charge in [-0.3, -0.25) is 4.79 Å². The Kier molecular flexibility index (Phi) is 1.92. The third-order valence-electron chi connectivity index (χ3n) is 2.07. The summed E-state index contributed by atoms with van der Waals surface area (Å²) in [5.74, 6) is 0. The number of carbonyl (C=O) groups is 1. The molecular formula is C8H7BO4. The fourth-order valence-electron chi connectivity index (χ4n) is 1.47. The number of aldehydes is 1. The van der Waals surface area contributed by atoms with Crippen molar-refractivity contribution in [2.45, 2.75) is 6.29 Å². The average Bonchev–Trinajstić information content (AvgIpc) is 2.43. The largest absolute Gasteiger partial charge is 0.493 e. The zero-order valence-electron chi connectivity index (χ0n) is 6.68. The highest BCUT2D eigenvalue weighted by Crippen LogP contribution is 2.22. The van der Waals surface area contributed by atoms with Crippen LogP contribution in [0.1, 0.15) is 22.2 Å². The number of hydrogen-bond donors (Lipinski definition) is 2. The Morgan fingerprint density at radius 3 is 3.00 bits per heavy atom. The SMILES string of the molecule is O=Cc1cccc2c1C(O)OB2O. The first-order valence-electron chi connectivity index (χ1n) is 3.83. The van der Waals surface area contributed by atoms with Gasteiger partial charge in [0, 0.05) is 11.1 Å². The summed E-state index contributed by atoms with van der Waals surface area (Å²) in [6.07, 6.45) is -0.574. The predicted octanol–water partition coefficient (Wildman–Crippen LogP) is -0.792. The van der Waals surface area contributed by atoms with E-state index < -0.39 is 13.4 Å². The van der Waals surface area contributed by atoms with Crippen LogP contribution in [0.15, 0.2) is 18.2 Å². The van der Waals surface area contributed by atoms with E-state index >= 15 is 0 Å². The smallest absolute Gasteiger partial charge is 0.423 e. The van der Waals surface area contributed by atoms with Crippen LogP contribution >= 0.6 is 0 Å². The first-order valence-corrected chi connectivity index (χ1v) is 3.83. The van der Waals surface area contributed by atoms with Gasteiger partial charge in [0.25, 0.3) is 0 Å². The molecule has 0 saturated heterocycles. The minimum Gasteiger partial charge on any atom is -0.423 e. The summed E-state index contributed by atoms with van der Waals surface area (Å²) in [6.45, 7) is 0. The predicted molar refractivity (Wildman–Crippen MR) is 45.5 cm³/mol. The average molecular weight is 178 g/mol. The third kappa shape index (κ3) is 1.17. The Hall–Kier alpha value is -1.17. The number of fused-ring (bicyclic) bond motifs is 1. The fraction of sp³-hybridized carbons (Fsp3) is 0.125. The maximum atomic E-state index is 10.6. The second-order valence-corrected chi connectivity index (χ2v) is 2.81. The molecule has 66 valence electrons. The Balaban J connectivity index is 2.61. The van der Waals surface area contributed by atoms with Crippen molar-refractivity contribution in [2.75, 3.05) is 0 Å². The van der Waals surface area contributed by atoms with Crippen LogP contribution in [0.4, 0.5) is 0 Å². The quantitative estimate of drug-likeness (QED) is 0.436. The zero-order valence-corrected chi connectivity index (χ0v) is 6.68. The second-order valence-electron chi connectivity index (χ2n) is 2.81. The lowest BCUT2D eigenvalue weighted by atomic mass is 9.78. The second kappa shape index (κ2) is 2.95. The number of rotatable bonds is 1. The van der Waals surface area contributed by atoms with E-state index in [2.05, 4.69) is 0 Å². The Bertz CT molecular complexity index is 352. The molecule has 1 aromatic carbocycles. The van der Waals surface area contributed by atoms with Crippen LogP contribution in [0, 0.1) is 0 Å². The van der Waals surface area contributed by atoms with E-state index in [1.807, 2.05) is 0 Å². The molecule has 2 rings (SSSR count). The summed E-state index contributed by atoms with van der Waals surface area (Å²) in [7, 11) is -1.13. The Morgan fingerprint density at radius 1 is 1.54 bits per heavy atom. The molecule has 0 bridgehead atoms. The van der Waals surface area contributed by atoms with Crippen molar-refractivity contribution in [3.63, 3.8) is 0 Å². The molecule has 2 N–H and O–H groups in total. The van der Waals surface area contributed by atoms with Crippen molar-refractivity contribution in [2.24, 2.45) is 0 Å². The highest BCUT2D eigenvalue weighted by molar-refractivity contribution is 6.61. The van der Waals surface area contributed by atoms with Gasteiger partial charge in [-0.1, -0.05) is 18.2 Å². The van der Waals surface area contributed by atoms with E-state index in [1.54, 1.807) is 18.2 Å². The Morgan fingerprint density at radius 2 is 2.31 bits per heavy atom. The van der Waals surface area contributed by atoms with Crippen LogP contribution in [-0.2, 0) is 4.65 Å². The van der Waals surface area contributed by atoms with Crippen LogP contribution in [-0.4, -0.2) is 23.5 Å². The summed E-state index contributed by atoms with van der Waals surface area (Å²) in [4.78, 5) is 10.6. The highest BCUT2D eigenvalue weighted by atomic mass is 16.6. The third-order valence-corrected chi connectivity index (χ3v) is 2.07. The summed E-state index contributed by atoms with van der Waals surface area (Å²) in [5, 5.41) is 18.6. The molecule has 0 spiro atoms. The van der Waals surface area contributed by atoms with Crippen molar-refractivity contribution in [1.29, 1.82) is 0 Å². The van der Waals surface area contributed by atoms with Crippen molar-refractivity contribution >= 4 is 18.9 Å². The molecule has 0 fully saturated rings. The molecule has 1 heterocycles. The molecule has 0 aromatic heterocycles. The van der Waals surface area contributed by atoms with Crippen LogP contribution in [0.3, 0.4) is 0 Å². The summed E-state index contributed by atoms with van der Waals surface area (Å²) < 4.78 is 4.73. The summed E-state index contributed by atoms with van der Waals surface area (Å²) in [5.41, 5.74) is 1.17. The van der Waals surface area contributed by atoms with Gasteiger partial charge in [-0.2, -0.15) is 0 Å². The number of hydrogen-bond acceptors (Lipinski definition) is 4. The van der Waals surface area contributed by atoms with E-state index in [-0.39, 0.29) is 0 Å². The molecule has 1 aliphatic rings. The molecule has 1 unspecified atom stereocenters. The molecule has 1 aliphatic heterocycles. The van der Waals surface area contributed by atoms with Crippen LogP contribution < -0.4 is 5.46 Å². The van der Waals surface area contributed by atoms with E-state index in [0.717, 1.165) is 0 Å². The molecule has 0 saturated carbocycles. The fourth-order valence-corrected chi connectivity index (χ4v) is 1.47. The summed E-state index contributed by atoms with van der Waals surface area (Å²) >= 11 is 0. The number of aliphatic hydroxyl groups is 1. The highest BCUT2D eigenvalue weighted by Gasteiger charge is 2.35. The van der Waals surface area contributed by atoms with E-state index in [1.165, 1.54) is 0 Å². The van der Waals surface area contributed by atoms with Gasteiger partial charge in [-0.05, 0) is 5.46 Å². The van der Waals surface area contributed by atoms with E-state index in [9.17, 15) is 14.9 Å². The summed E-state index contributed by atoms with van der Waals surface area (Å²) in [6, 6.07) is 4.81. The van der Waals surface area contributed by atoms with Gasteiger partial charge in [-0.25, -0.2) is 0 Å². The molecule has 4 nitrogen and oxygen atoms in total. The molecule has 0 aliphatic carbocycles. The topological polar surface area (TPSA) is 66.8 Å². The number of aliphatic hydroxyl groups excluding tert-OH is 1. The minimum absolute atomic E-state index is 0.349. The van der Waals surface area contributed by atoms with Gasteiger partial charge in [-0.15, -0.1) is 0 Å². The molecule has 1 atom stereocenters. The van der Waals surface area contributed by atoms with Crippen molar-refractivity contribution in [3.8, 4) is 0 Å². The molecule has 13 heavy (non-hydrogen) atoms. The standard InChI is InChI=1S/C8H7BO4/c10-4-5-2-1-3-6-7(5)8(11)13-9(6)12/h1-4,8,11-12H. The monoisotopic (exact) mass is 178 g/mol. The normalized spacial score (nSPS) is 20.2. The first kappa shape index (κ1) is 8.43. The van der Waals surface area contributed by atoms with Crippen LogP contribution in [0.25, 0.3) is 0 Å². The lowest BCUT2D eigenvalue weighted by Gasteiger charge is -2.04. The van der Waals surface area contributed by atoms with Gasteiger partial charge in [0.05, 0.1) is 0 Å². The van der Waals surface area contributed by atoms with Gasteiger partial charge in [0.15, 0.2) is 6.29 Å². The minimum atomic E-state index is -1.20. The molecule has 5 heteroatoms. The lowest BCUT2D eigenvalue weighted by molar-refractivity contribution is -0.0222. The molecule has 1 aromatic rings. The van der Waals surface area contributed by atoms with Crippen LogP contribution in [0.2, 0.25) is 0 Å². The van der Waals surface area contributed by atoms with Crippen molar-refractivity contribution in [3.05, 3.63) is 29.3 Å². The van der Waals surface area contributed by atoms with Gasteiger partial charge < -0.3 is 14.8 Å². The lowest BCUT2D eigenvalue weighted by Crippen LogP contribution is -2.28. The van der Waals surface area contributed by atoms with Crippen molar-refractivity contribution in [1.82, 2.24) is 0 Å². The van der Waals surface area contributed by atoms with Gasteiger partial charge in [0.1, 0.15) is 6.29 Å². The maximum Gasteiger partial charge on any atom is 0.493 e. The first-order chi connectivity index (χ1) is 6.24. The molecular weight excluding hydrogens is 171 g/mol. The van der Waals surface area contributed by atoms with Gasteiger partial charge in [0.2, 0.25) is 0 Å². The van der Waals surface area contributed by atoms with Crippen molar-refractivity contribution < 1.29 is 19.6 Å². The maximum absolute atomic E-state index is 10.6. The van der Waals surface area contributed by atoms with Gasteiger partial charge >= 0.3 is 7.12 Å². The van der Waals surface area contributed by atoms with E-state index in [0.29, 0.717) is 22.9 Å². The number of carbonyl (C=O) groups excluding carboxylic acids is 1. The van der Waals surface area contributed by atoms with E-state index in [4.69, 9.17) is 4.65 Å². The molecule has 0 amide bonds. The zero-order chi connectivity index (χ0) is 9.42. The van der Waals surface area contributed by atoms with Crippen LogP contribution in [0.5, 0.6) is 0 Å².